The lowest BCUT2D eigenvalue weighted by molar-refractivity contribution is 0.178. The smallest absolute Gasteiger partial charge is 0.315 e. The summed E-state index contributed by atoms with van der Waals surface area (Å²) in [6.45, 7) is 2.61. The van der Waals surface area contributed by atoms with Gasteiger partial charge in [-0.3, -0.25) is 4.90 Å². The van der Waals surface area contributed by atoms with E-state index < -0.39 is 0 Å². The normalized spacial score (nSPS) is 23.2. The summed E-state index contributed by atoms with van der Waals surface area (Å²) in [7, 11) is 0. The number of nitrogens with zero attached hydrogens (tertiary/aromatic N) is 2. The summed E-state index contributed by atoms with van der Waals surface area (Å²) in [5, 5.41) is 10.1. The number of carbonyl (C=O) groups is 1. The van der Waals surface area contributed by atoms with E-state index in [9.17, 15) is 4.79 Å². The molecule has 2 aromatic rings. The highest BCUT2D eigenvalue weighted by atomic mass is 16.5. The first-order valence-corrected chi connectivity index (χ1v) is 9.09. The zero-order valence-corrected chi connectivity index (χ0v) is 14.3. The summed E-state index contributed by atoms with van der Waals surface area (Å²) >= 11 is 0. The number of piperidine rings is 1. The average Bonchev–Trinajstić information content (AvgIpc) is 3.28. The van der Waals surface area contributed by atoms with Crippen LogP contribution >= 0.6 is 0 Å². The van der Waals surface area contributed by atoms with Crippen molar-refractivity contribution in [1.29, 1.82) is 0 Å². The molecule has 1 aromatic heterocycles. The van der Waals surface area contributed by atoms with Gasteiger partial charge in [-0.15, -0.1) is 0 Å². The molecule has 1 aromatic carbocycles. The van der Waals surface area contributed by atoms with E-state index >= 15 is 0 Å². The molecule has 2 aliphatic rings. The van der Waals surface area contributed by atoms with Gasteiger partial charge < -0.3 is 15.2 Å². The second kappa shape index (κ2) is 7.27. The minimum absolute atomic E-state index is 0.130. The van der Waals surface area contributed by atoms with E-state index in [1.807, 2.05) is 36.4 Å². The predicted octanol–water partition coefficient (Wildman–Crippen LogP) is 2.77. The maximum atomic E-state index is 12.2. The Bertz CT molecular complexity index is 715. The Hall–Kier alpha value is -2.34. The highest BCUT2D eigenvalue weighted by molar-refractivity contribution is 5.74. The lowest BCUT2D eigenvalue weighted by atomic mass is 9.99. The van der Waals surface area contributed by atoms with Crippen LogP contribution in [0, 0.1) is 0 Å². The monoisotopic (exact) mass is 340 g/mol. The van der Waals surface area contributed by atoms with Crippen molar-refractivity contribution < 1.29 is 9.32 Å². The largest absolute Gasteiger partial charge is 0.359 e. The first kappa shape index (κ1) is 16.1. The third-order valence-corrected chi connectivity index (χ3v) is 5.22. The molecule has 0 saturated carbocycles. The maximum Gasteiger partial charge on any atom is 0.315 e. The molecule has 2 aliphatic heterocycles. The highest BCUT2D eigenvalue weighted by Gasteiger charge is 2.36. The minimum Gasteiger partial charge on any atom is -0.359 e. The molecule has 2 atom stereocenters. The van der Waals surface area contributed by atoms with E-state index in [-0.39, 0.29) is 12.1 Å². The standard InChI is InChI=1S/C19H24N4O2/c24-19(21-16-9-11-23-10-5-4-8-18(16)23)20-13-15-12-17(22-25-15)14-6-2-1-3-7-14/h1-3,6-7,12,16,18H,4-5,8-11,13H2,(H2,20,21,24)/t16-,18+/m0/s1. The molecule has 2 N–H and O–H groups in total. The van der Waals surface area contributed by atoms with Crippen molar-refractivity contribution in [1.82, 2.24) is 20.7 Å². The SMILES string of the molecule is O=C(NCc1cc(-c2ccccc2)no1)N[C@H]1CCN2CCCC[C@H]12. The number of fused-ring (bicyclic) bond motifs is 1. The number of rotatable bonds is 4. The number of hydrogen-bond donors (Lipinski definition) is 2. The molecule has 25 heavy (non-hydrogen) atoms. The summed E-state index contributed by atoms with van der Waals surface area (Å²) in [6, 6.07) is 12.4. The zero-order valence-electron chi connectivity index (χ0n) is 14.3. The quantitative estimate of drug-likeness (QED) is 0.898. The van der Waals surface area contributed by atoms with Gasteiger partial charge in [0.1, 0.15) is 5.69 Å². The van der Waals surface area contributed by atoms with Gasteiger partial charge in [-0.1, -0.05) is 41.9 Å². The lowest BCUT2D eigenvalue weighted by Crippen LogP contribution is -2.49. The Kier molecular flexibility index (Phi) is 4.70. The van der Waals surface area contributed by atoms with E-state index in [1.165, 1.54) is 25.8 Å². The van der Waals surface area contributed by atoms with E-state index in [1.54, 1.807) is 0 Å². The van der Waals surface area contributed by atoms with Crippen LogP contribution in [0.4, 0.5) is 4.79 Å². The Balaban J connectivity index is 1.28. The number of urea groups is 1. The van der Waals surface area contributed by atoms with Crippen LogP contribution in [0.25, 0.3) is 11.3 Å². The van der Waals surface area contributed by atoms with Crippen LogP contribution in [0.15, 0.2) is 40.9 Å². The number of hydrogen-bond acceptors (Lipinski definition) is 4. The van der Waals surface area contributed by atoms with Gasteiger partial charge in [-0.25, -0.2) is 4.79 Å². The fourth-order valence-corrected chi connectivity index (χ4v) is 3.94. The van der Waals surface area contributed by atoms with Crippen LogP contribution in [-0.2, 0) is 6.54 Å². The zero-order chi connectivity index (χ0) is 17.1. The first-order chi connectivity index (χ1) is 12.3. The number of carbonyl (C=O) groups excluding carboxylic acids is 1. The molecule has 3 heterocycles. The molecular weight excluding hydrogens is 316 g/mol. The molecule has 0 spiro atoms. The average molecular weight is 340 g/mol. The summed E-state index contributed by atoms with van der Waals surface area (Å²) in [5.74, 6) is 0.653. The number of aromatic nitrogens is 1. The molecule has 0 radical (unpaired) electrons. The Labute approximate surface area is 147 Å². The number of amides is 2. The van der Waals surface area contributed by atoms with Gasteiger partial charge in [0.15, 0.2) is 5.76 Å². The van der Waals surface area contributed by atoms with E-state index in [0.29, 0.717) is 18.3 Å². The summed E-state index contributed by atoms with van der Waals surface area (Å²) in [6.07, 6.45) is 4.78. The molecule has 0 bridgehead atoms. The van der Waals surface area contributed by atoms with Crippen molar-refractivity contribution in [2.24, 2.45) is 0 Å². The van der Waals surface area contributed by atoms with Crippen molar-refractivity contribution in [3.8, 4) is 11.3 Å². The van der Waals surface area contributed by atoms with Gasteiger partial charge >= 0.3 is 6.03 Å². The molecule has 2 fully saturated rings. The third-order valence-electron chi connectivity index (χ3n) is 5.22. The molecule has 6 nitrogen and oxygen atoms in total. The summed E-state index contributed by atoms with van der Waals surface area (Å²) < 4.78 is 5.32. The minimum atomic E-state index is -0.130. The van der Waals surface area contributed by atoms with Crippen molar-refractivity contribution >= 4 is 6.03 Å². The Morgan fingerprint density at radius 2 is 2.08 bits per heavy atom. The second-order valence-corrected chi connectivity index (χ2v) is 6.87. The van der Waals surface area contributed by atoms with Gasteiger partial charge in [-0.2, -0.15) is 0 Å². The van der Waals surface area contributed by atoms with Gasteiger partial charge in [-0.05, 0) is 25.8 Å². The third kappa shape index (κ3) is 3.69. The Morgan fingerprint density at radius 1 is 1.20 bits per heavy atom. The highest BCUT2D eigenvalue weighted by Crippen LogP contribution is 2.27. The number of nitrogens with one attached hydrogen (secondary N) is 2. The van der Waals surface area contributed by atoms with Crippen molar-refractivity contribution in [2.45, 2.75) is 44.3 Å². The Morgan fingerprint density at radius 3 is 2.96 bits per heavy atom. The van der Waals surface area contributed by atoms with Crippen molar-refractivity contribution in [2.75, 3.05) is 13.1 Å². The maximum absolute atomic E-state index is 12.2. The van der Waals surface area contributed by atoms with Gasteiger partial charge in [0.25, 0.3) is 0 Å². The molecule has 4 rings (SSSR count). The van der Waals surface area contributed by atoms with Gasteiger partial charge in [0, 0.05) is 30.3 Å². The van der Waals surface area contributed by atoms with Crippen molar-refractivity contribution in [3.63, 3.8) is 0 Å². The van der Waals surface area contributed by atoms with Gasteiger partial charge in [0.2, 0.25) is 0 Å². The number of benzene rings is 1. The molecule has 2 amide bonds. The molecule has 2 saturated heterocycles. The molecule has 0 aliphatic carbocycles. The molecule has 6 heteroatoms. The topological polar surface area (TPSA) is 70.4 Å². The van der Waals surface area contributed by atoms with E-state index in [2.05, 4.69) is 20.7 Å². The van der Waals surface area contributed by atoms with E-state index in [0.717, 1.165) is 24.2 Å². The predicted molar refractivity (Wildman–Crippen MR) is 94.9 cm³/mol. The molecule has 132 valence electrons. The first-order valence-electron chi connectivity index (χ1n) is 9.09. The fourth-order valence-electron chi connectivity index (χ4n) is 3.94. The van der Waals surface area contributed by atoms with Crippen molar-refractivity contribution in [3.05, 3.63) is 42.2 Å². The van der Waals surface area contributed by atoms with Crippen LogP contribution in [0.1, 0.15) is 31.4 Å². The van der Waals surface area contributed by atoms with Crippen LogP contribution < -0.4 is 10.6 Å². The second-order valence-electron chi connectivity index (χ2n) is 6.87. The van der Waals surface area contributed by atoms with Crippen LogP contribution in [0.2, 0.25) is 0 Å². The fraction of sp³-hybridized carbons (Fsp3) is 0.474. The lowest BCUT2D eigenvalue weighted by Gasteiger charge is -2.32. The summed E-state index contributed by atoms with van der Waals surface area (Å²) in [4.78, 5) is 14.7. The summed E-state index contributed by atoms with van der Waals surface area (Å²) in [5.41, 5.74) is 1.79. The van der Waals surface area contributed by atoms with Crippen LogP contribution in [-0.4, -0.2) is 41.3 Å². The van der Waals surface area contributed by atoms with Gasteiger partial charge in [0.05, 0.1) is 6.54 Å². The molecule has 0 unspecified atom stereocenters. The van der Waals surface area contributed by atoms with Crippen LogP contribution in [0.3, 0.4) is 0 Å². The van der Waals surface area contributed by atoms with Crippen LogP contribution in [0.5, 0.6) is 0 Å². The molecular formula is C19H24N4O2. The van der Waals surface area contributed by atoms with E-state index in [4.69, 9.17) is 4.52 Å².